The maximum atomic E-state index is 16.4. The Bertz CT molecular complexity index is 1580. The third-order valence-corrected chi connectivity index (χ3v) is 9.82. The fourth-order valence-electron chi connectivity index (χ4n) is 7.65. The molecule has 2 heterocycles. The van der Waals surface area contributed by atoms with E-state index in [4.69, 9.17) is 14.0 Å². The zero-order valence-corrected chi connectivity index (χ0v) is 26.4. The third kappa shape index (κ3) is 4.73. The Kier molecular flexibility index (Phi) is 8.38. The molecule has 2 aromatic rings. The highest BCUT2D eigenvalue weighted by Gasteiger charge is 2.64. The van der Waals surface area contributed by atoms with Gasteiger partial charge in [-0.05, 0) is 50.9 Å². The van der Waals surface area contributed by atoms with Crippen LogP contribution in [0.1, 0.15) is 95.2 Å². The van der Waals surface area contributed by atoms with E-state index in [1.807, 2.05) is 18.7 Å². The van der Waals surface area contributed by atoms with Crippen molar-refractivity contribution in [2.75, 3.05) is 33.9 Å². The number of aromatic nitrogens is 1. The molecule has 0 radical (unpaired) electrons. The lowest BCUT2D eigenvalue weighted by molar-refractivity contribution is -0.0559. The van der Waals surface area contributed by atoms with Crippen molar-refractivity contribution in [1.29, 1.82) is 0 Å². The number of ketones is 2. The first kappa shape index (κ1) is 31.4. The Morgan fingerprint density at radius 3 is 2.47 bits per heavy atom. The molecule has 3 aliphatic carbocycles. The van der Waals surface area contributed by atoms with Crippen LogP contribution in [0.15, 0.2) is 28.5 Å². The molecule has 0 saturated carbocycles. The lowest BCUT2D eigenvalue weighted by Crippen LogP contribution is -2.59. The number of carbonyl (C=O) groups excluding carboxylic acids is 2. The van der Waals surface area contributed by atoms with E-state index < -0.39 is 46.6 Å². The van der Waals surface area contributed by atoms with E-state index in [9.17, 15) is 19.8 Å². The summed E-state index contributed by atoms with van der Waals surface area (Å²) in [4.78, 5) is 32.5. The van der Waals surface area contributed by atoms with Crippen LogP contribution in [0.4, 0.5) is 4.39 Å². The minimum absolute atomic E-state index is 0.0347. The zero-order valence-electron chi connectivity index (χ0n) is 26.4. The summed E-state index contributed by atoms with van der Waals surface area (Å²) in [6, 6.07) is -0.677. The van der Waals surface area contributed by atoms with Gasteiger partial charge in [0, 0.05) is 47.8 Å². The Morgan fingerprint density at radius 2 is 1.80 bits per heavy atom. The van der Waals surface area contributed by atoms with Crippen LogP contribution in [-0.4, -0.2) is 76.2 Å². The van der Waals surface area contributed by atoms with Gasteiger partial charge < -0.3 is 24.2 Å². The zero-order chi connectivity index (χ0) is 32.2. The molecule has 0 unspecified atom stereocenters. The predicted molar refractivity (Wildman–Crippen MR) is 163 cm³/mol. The fraction of sp³-hybridized carbons (Fsp3) is 0.559. The summed E-state index contributed by atoms with van der Waals surface area (Å²) >= 11 is 0. The summed E-state index contributed by atoms with van der Waals surface area (Å²) in [5, 5.41) is 28.2. The van der Waals surface area contributed by atoms with Gasteiger partial charge in [0.15, 0.2) is 17.1 Å². The van der Waals surface area contributed by atoms with Gasteiger partial charge in [0.05, 0.1) is 24.8 Å². The smallest absolute Gasteiger partial charge is 0.265 e. The molecule has 0 saturated heterocycles. The van der Waals surface area contributed by atoms with Gasteiger partial charge in [0.25, 0.3) is 5.88 Å². The molecule has 1 aromatic heterocycles. The number of aliphatic hydroxyl groups excluding tert-OH is 1. The van der Waals surface area contributed by atoms with E-state index in [1.165, 1.54) is 0 Å². The molecule has 6 rings (SSSR count). The van der Waals surface area contributed by atoms with E-state index in [0.717, 1.165) is 25.7 Å². The molecular formula is C34H42FN3O7. The molecule has 2 N–H and O–H groups in total. The van der Waals surface area contributed by atoms with Crippen molar-refractivity contribution in [3.8, 4) is 11.6 Å². The molecule has 0 fully saturated rings. The first-order valence-electron chi connectivity index (χ1n) is 16.0. The summed E-state index contributed by atoms with van der Waals surface area (Å²) in [5.41, 5.74) is -1.08. The van der Waals surface area contributed by atoms with Gasteiger partial charge in [0.1, 0.15) is 22.9 Å². The first-order valence-corrected chi connectivity index (χ1v) is 16.0. The number of ether oxygens (including phenoxy) is 2. The highest BCUT2D eigenvalue weighted by molar-refractivity contribution is 6.16. The monoisotopic (exact) mass is 623 g/mol. The van der Waals surface area contributed by atoms with Gasteiger partial charge in [-0.3, -0.25) is 19.4 Å². The molecule has 242 valence electrons. The number of halogens is 1. The van der Waals surface area contributed by atoms with Crippen LogP contribution in [0.3, 0.4) is 0 Å². The maximum absolute atomic E-state index is 16.4. The van der Waals surface area contributed by atoms with Gasteiger partial charge in [-0.15, -0.1) is 6.58 Å². The average molecular weight is 624 g/mol. The molecule has 0 spiro atoms. The Morgan fingerprint density at radius 1 is 1.11 bits per heavy atom. The normalized spacial score (nSPS) is 25.5. The van der Waals surface area contributed by atoms with Crippen LogP contribution in [0, 0.1) is 17.7 Å². The van der Waals surface area contributed by atoms with Gasteiger partial charge in [-0.2, -0.15) is 0 Å². The van der Waals surface area contributed by atoms with Crippen molar-refractivity contribution in [1.82, 2.24) is 15.0 Å². The summed E-state index contributed by atoms with van der Waals surface area (Å²) in [6.07, 6.45) is 5.19. The van der Waals surface area contributed by atoms with Gasteiger partial charge in [-0.1, -0.05) is 32.8 Å². The Hall–Kier alpha value is -3.54. The molecule has 1 aromatic carbocycles. The van der Waals surface area contributed by atoms with Crippen molar-refractivity contribution < 1.29 is 38.2 Å². The lowest BCUT2D eigenvalue weighted by atomic mass is 9.58. The number of aliphatic hydroxyl groups is 2. The minimum Gasteiger partial charge on any atom is -0.508 e. The highest BCUT2D eigenvalue weighted by Crippen LogP contribution is 2.57. The average Bonchev–Trinajstić information content (AvgIpc) is 3.62. The van der Waals surface area contributed by atoms with Crippen LogP contribution in [-0.2, 0) is 19.5 Å². The Balaban J connectivity index is 1.49. The van der Waals surface area contributed by atoms with E-state index >= 15 is 4.39 Å². The summed E-state index contributed by atoms with van der Waals surface area (Å²) in [5.74, 6) is -3.59. The molecule has 4 atom stereocenters. The second-order valence-electron chi connectivity index (χ2n) is 12.9. The largest absolute Gasteiger partial charge is 0.508 e. The number of unbranched alkanes of at least 4 members (excludes halogenated alkanes) is 2. The first-order chi connectivity index (χ1) is 21.6. The number of nitrogens with zero attached hydrogens (tertiary/aromatic N) is 3. The second-order valence-corrected chi connectivity index (χ2v) is 12.9. The number of hydrogen-bond donors (Lipinski definition) is 2. The third-order valence-electron chi connectivity index (χ3n) is 9.82. The number of hydrogen-bond acceptors (Lipinski definition) is 10. The molecule has 0 bridgehead atoms. The topological polar surface area (TPSA) is 126 Å². The van der Waals surface area contributed by atoms with Crippen LogP contribution >= 0.6 is 0 Å². The van der Waals surface area contributed by atoms with E-state index in [-0.39, 0.29) is 46.7 Å². The maximum Gasteiger partial charge on any atom is 0.265 e. The summed E-state index contributed by atoms with van der Waals surface area (Å²) in [7, 11) is 3.56. The molecule has 1 aliphatic heterocycles. The number of Topliss-reactive ketones (excluding diaryl/α,β-unsaturated/α-hetero) is 2. The fourth-order valence-corrected chi connectivity index (χ4v) is 7.65. The molecule has 4 aliphatic rings. The number of rotatable bonds is 11. The van der Waals surface area contributed by atoms with Crippen LogP contribution in [0.5, 0.6) is 11.6 Å². The quantitative estimate of drug-likeness (QED) is 0.258. The molecule has 10 nitrogen and oxygen atoms in total. The van der Waals surface area contributed by atoms with Gasteiger partial charge >= 0.3 is 0 Å². The van der Waals surface area contributed by atoms with Crippen molar-refractivity contribution >= 4 is 11.6 Å². The van der Waals surface area contributed by atoms with E-state index in [2.05, 4.69) is 11.7 Å². The van der Waals surface area contributed by atoms with Crippen LogP contribution in [0.25, 0.3) is 0 Å². The van der Waals surface area contributed by atoms with Crippen molar-refractivity contribution in [2.24, 2.45) is 11.8 Å². The van der Waals surface area contributed by atoms with Crippen molar-refractivity contribution in [3.05, 3.63) is 63.4 Å². The highest BCUT2D eigenvalue weighted by atomic mass is 19.1. The van der Waals surface area contributed by atoms with E-state index in [0.29, 0.717) is 49.7 Å². The summed E-state index contributed by atoms with van der Waals surface area (Å²) in [6.45, 7) is 9.79. The summed E-state index contributed by atoms with van der Waals surface area (Å²) < 4.78 is 34.1. The molecule has 45 heavy (non-hydrogen) atoms. The molecule has 0 amide bonds. The predicted octanol–water partition coefficient (Wildman–Crippen LogP) is 5.09. The second kappa shape index (κ2) is 12.0. The number of allylic oxidation sites excluding steroid dienone is 1. The van der Waals surface area contributed by atoms with Crippen molar-refractivity contribution in [2.45, 2.75) is 77.1 Å². The van der Waals surface area contributed by atoms with Gasteiger partial charge in [0.2, 0.25) is 5.78 Å². The van der Waals surface area contributed by atoms with Crippen LogP contribution in [0.2, 0.25) is 0 Å². The van der Waals surface area contributed by atoms with Gasteiger partial charge in [-0.25, -0.2) is 4.39 Å². The van der Waals surface area contributed by atoms with Crippen LogP contribution < -0.4 is 9.47 Å². The standard InChI is InChI=1S/C34H42FN3O7/c1-6-9-12-43-29-21-17-38(11-8-3)16-20(21)26(35)19-14-18-15-22-27(37(4)5)30-25(33(36-45-30)44-13-10-7-2)32(41)34(22,42)31(40)23(18)28(39)24(19)29/h8,18,22,27,40,42H,3,6-7,9-17H2,1-2,4-5H3/t18-,22-,27-,34-/m0/s1. The lowest BCUT2D eigenvalue weighted by Gasteiger charge is -2.49. The Labute approximate surface area is 262 Å². The number of benzene rings is 1. The minimum atomic E-state index is -2.44. The SMILES string of the molecule is C=CCN1Cc2c(F)c3c(c(OCCCC)c2C1)C(=O)C1=C(O)[C@]2(O)C(=O)c4c(OCCCC)noc4[C@@H](N(C)C)[C@@H]2C[C@@H]1C3. The van der Waals surface area contributed by atoms with E-state index in [1.54, 1.807) is 25.1 Å². The van der Waals surface area contributed by atoms with Crippen molar-refractivity contribution in [3.63, 3.8) is 0 Å². The number of fused-ring (bicyclic) bond motifs is 5. The molecule has 11 heteroatoms. The molecular weight excluding hydrogens is 581 g/mol. The number of carbonyl (C=O) groups is 2.